The number of rotatable bonds is 7. The van der Waals surface area contributed by atoms with Gasteiger partial charge in [-0.3, -0.25) is 9.59 Å². The maximum absolute atomic E-state index is 13.2. The fourth-order valence-corrected chi connectivity index (χ4v) is 3.74. The summed E-state index contributed by atoms with van der Waals surface area (Å²) < 4.78 is 0. The van der Waals surface area contributed by atoms with Crippen LogP contribution in [0.4, 0.5) is 0 Å². The molecule has 2 rings (SSSR count). The van der Waals surface area contributed by atoms with Crippen LogP contribution in [0, 0.1) is 0 Å². The zero-order chi connectivity index (χ0) is 18.3. The number of nitrogens with one attached hydrogen (secondary N) is 1. The SMILES string of the molecule is CCCCCC(C)NC(=O)C1(c2ccccc2)CCN(C(C)=O)CC1. The summed E-state index contributed by atoms with van der Waals surface area (Å²) >= 11 is 0. The van der Waals surface area contributed by atoms with Crippen LogP contribution in [0.2, 0.25) is 0 Å². The maximum atomic E-state index is 13.2. The van der Waals surface area contributed by atoms with E-state index < -0.39 is 5.41 Å². The molecule has 4 heteroatoms. The Bertz CT molecular complexity index is 563. The molecule has 2 amide bonds. The van der Waals surface area contributed by atoms with Crippen molar-refractivity contribution in [3.05, 3.63) is 35.9 Å². The lowest BCUT2D eigenvalue weighted by Crippen LogP contribution is -2.54. The molecule has 4 nitrogen and oxygen atoms in total. The molecule has 1 aliphatic heterocycles. The van der Waals surface area contributed by atoms with Crippen LogP contribution in [0.15, 0.2) is 30.3 Å². The van der Waals surface area contributed by atoms with Gasteiger partial charge in [-0.25, -0.2) is 0 Å². The molecule has 1 heterocycles. The van der Waals surface area contributed by atoms with Gasteiger partial charge in [-0.1, -0.05) is 56.5 Å². The van der Waals surface area contributed by atoms with Gasteiger partial charge < -0.3 is 10.2 Å². The van der Waals surface area contributed by atoms with Crippen LogP contribution in [0.1, 0.15) is 64.9 Å². The van der Waals surface area contributed by atoms with Gasteiger partial charge in [0.05, 0.1) is 5.41 Å². The van der Waals surface area contributed by atoms with Gasteiger partial charge in [0.2, 0.25) is 11.8 Å². The van der Waals surface area contributed by atoms with E-state index in [1.54, 1.807) is 6.92 Å². The standard InChI is InChI=1S/C21H32N2O2/c1-4-5-7-10-17(2)22-20(25)21(19-11-8-6-9-12-19)13-15-23(16-14-21)18(3)24/h6,8-9,11-12,17H,4-5,7,10,13-16H2,1-3H3,(H,22,25). The van der Waals surface area contributed by atoms with Gasteiger partial charge in [-0.05, 0) is 31.7 Å². The highest BCUT2D eigenvalue weighted by atomic mass is 16.2. The summed E-state index contributed by atoms with van der Waals surface area (Å²) in [6.45, 7) is 7.17. The molecule has 25 heavy (non-hydrogen) atoms. The number of hydrogen-bond acceptors (Lipinski definition) is 2. The molecule has 0 aromatic heterocycles. The molecule has 1 fully saturated rings. The van der Waals surface area contributed by atoms with E-state index in [1.165, 1.54) is 12.8 Å². The summed E-state index contributed by atoms with van der Waals surface area (Å²) in [6, 6.07) is 10.2. The molecule has 1 saturated heterocycles. The summed E-state index contributed by atoms with van der Waals surface area (Å²) in [5.74, 6) is 0.209. The topological polar surface area (TPSA) is 49.4 Å². The Labute approximate surface area is 152 Å². The van der Waals surface area contributed by atoms with Crippen LogP contribution >= 0.6 is 0 Å². The number of unbranched alkanes of at least 4 members (excludes halogenated alkanes) is 2. The van der Waals surface area contributed by atoms with Crippen LogP contribution in [0.25, 0.3) is 0 Å². The zero-order valence-electron chi connectivity index (χ0n) is 15.9. The molecule has 1 aromatic carbocycles. The Morgan fingerprint density at radius 3 is 2.36 bits per heavy atom. The molecule has 1 unspecified atom stereocenters. The highest BCUT2D eigenvalue weighted by Gasteiger charge is 2.43. The third-order valence-electron chi connectivity index (χ3n) is 5.44. The second-order valence-electron chi connectivity index (χ2n) is 7.32. The lowest BCUT2D eigenvalue weighted by molar-refractivity contribution is -0.135. The largest absolute Gasteiger partial charge is 0.353 e. The van der Waals surface area contributed by atoms with E-state index in [1.807, 2.05) is 35.2 Å². The average Bonchev–Trinajstić information content (AvgIpc) is 2.62. The van der Waals surface area contributed by atoms with Crippen molar-refractivity contribution in [1.82, 2.24) is 10.2 Å². The number of amides is 2. The van der Waals surface area contributed by atoms with Crippen molar-refractivity contribution in [1.29, 1.82) is 0 Å². The monoisotopic (exact) mass is 344 g/mol. The Morgan fingerprint density at radius 2 is 1.80 bits per heavy atom. The van der Waals surface area contributed by atoms with Gasteiger partial charge in [-0.15, -0.1) is 0 Å². The molecule has 138 valence electrons. The van der Waals surface area contributed by atoms with Crippen molar-refractivity contribution in [2.24, 2.45) is 0 Å². The maximum Gasteiger partial charge on any atom is 0.230 e. The van der Waals surface area contributed by atoms with Crippen LogP contribution in [-0.4, -0.2) is 35.8 Å². The molecular weight excluding hydrogens is 312 g/mol. The first-order valence-corrected chi connectivity index (χ1v) is 9.61. The lowest BCUT2D eigenvalue weighted by atomic mass is 9.71. The fourth-order valence-electron chi connectivity index (χ4n) is 3.74. The van der Waals surface area contributed by atoms with E-state index in [0.717, 1.165) is 18.4 Å². The van der Waals surface area contributed by atoms with E-state index in [9.17, 15) is 9.59 Å². The summed E-state index contributed by atoms with van der Waals surface area (Å²) in [5.41, 5.74) is 0.545. The van der Waals surface area contributed by atoms with Gasteiger partial charge in [0.15, 0.2) is 0 Å². The number of benzene rings is 1. The summed E-state index contributed by atoms with van der Waals surface area (Å²) in [4.78, 5) is 26.7. The first-order chi connectivity index (χ1) is 12.0. The second kappa shape index (κ2) is 9.02. The van der Waals surface area contributed by atoms with Crippen molar-refractivity contribution < 1.29 is 9.59 Å². The van der Waals surface area contributed by atoms with Crippen molar-refractivity contribution in [2.45, 2.75) is 70.8 Å². The molecule has 0 saturated carbocycles. The number of carbonyl (C=O) groups is 2. The molecule has 0 bridgehead atoms. The average molecular weight is 344 g/mol. The highest BCUT2D eigenvalue weighted by Crippen LogP contribution is 2.36. The highest BCUT2D eigenvalue weighted by molar-refractivity contribution is 5.89. The normalized spacial score (nSPS) is 17.8. The smallest absolute Gasteiger partial charge is 0.230 e. The third kappa shape index (κ3) is 4.83. The van der Waals surface area contributed by atoms with Crippen molar-refractivity contribution in [2.75, 3.05) is 13.1 Å². The van der Waals surface area contributed by atoms with E-state index in [-0.39, 0.29) is 17.9 Å². The van der Waals surface area contributed by atoms with Gasteiger partial charge in [0, 0.05) is 26.1 Å². The predicted octanol–water partition coefficient (Wildman–Crippen LogP) is 3.65. The van der Waals surface area contributed by atoms with E-state index in [2.05, 4.69) is 19.2 Å². The molecule has 1 N–H and O–H groups in total. The van der Waals surface area contributed by atoms with Crippen molar-refractivity contribution in [3.63, 3.8) is 0 Å². The molecule has 1 aromatic rings. The van der Waals surface area contributed by atoms with Gasteiger partial charge in [0.25, 0.3) is 0 Å². The van der Waals surface area contributed by atoms with E-state index in [0.29, 0.717) is 25.9 Å². The summed E-state index contributed by atoms with van der Waals surface area (Å²) in [7, 11) is 0. The molecule has 1 aliphatic rings. The number of likely N-dealkylation sites (tertiary alicyclic amines) is 1. The number of nitrogens with zero attached hydrogens (tertiary/aromatic N) is 1. The van der Waals surface area contributed by atoms with Gasteiger partial charge in [0.1, 0.15) is 0 Å². The predicted molar refractivity (Wildman–Crippen MR) is 101 cm³/mol. The van der Waals surface area contributed by atoms with Crippen LogP contribution in [0.3, 0.4) is 0 Å². The first-order valence-electron chi connectivity index (χ1n) is 9.61. The minimum atomic E-state index is -0.522. The third-order valence-corrected chi connectivity index (χ3v) is 5.44. The van der Waals surface area contributed by atoms with E-state index in [4.69, 9.17) is 0 Å². The van der Waals surface area contributed by atoms with Gasteiger partial charge in [-0.2, -0.15) is 0 Å². The fraction of sp³-hybridized carbons (Fsp3) is 0.619. The van der Waals surface area contributed by atoms with Crippen molar-refractivity contribution in [3.8, 4) is 0 Å². The minimum Gasteiger partial charge on any atom is -0.353 e. The van der Waals surface area contributed by atoms with Crippen LogP contribution in [0.5, 0.6) is 0 Å². The number of piperidine rings is 1. The molecular formula is C21H32N2O2. The minimum absolute atomic E-state index is 0.0926. The van der Waals surface area contributed by atoms with Gasteiger partial charge >= 0.3 is 0 Å². The van der Waals surface area contributed by atoms with Crippen LogP contribution < -0.4 is 5.32 Å². The van der Waals surface area contributed by atoms with Crippen LogP contribution in [-0.2, 0) is 15.0 Å². The second-order valence-corrected chi connectivity index (χ2v) is 7.32. The summed E-state index contributed by atoms with van der Waals surface area (Å²) in [6.07, 6.45) is 5.93. The molecule has 0 spiro atoms. The van der Waals surface area contributed by atoms with E-state index >= 15 is 0 Å². The Hall–Kier alpha value is -1.84. The zero-order valence-corrected chi connectivity index (χ0v) is 15.9. The first kappa shape index (κ1) is 19.5. The molecule has 0 aliphatic carbocycles. The quantitative estimate of drug-likeness (QED) is 0.768. The Morgan fingerprint density at radius 1 is 1.16 bits per heavy atom. The number of carbonyl (C=O) groups excluding carboxylic acids is 2. The molecule has 0 radical (unpaired) electrons. The summed E-state index contributed by atoms with van der Waals surface area (Å²) in [5, 5.41) is 3.25. The van der Waals surface area contributed by atoms with Crippen molar-refractivity contribution >= 4 is 11.8 Å². The Kier molecular flexibility index (Phi) is 7.03. The Balaban J connectivity index is 2.13. The molecule has 1 atom stereocenters. The lowest BCUT2D eigenvalue weighted by Gasteiger charge is -2.41. The number of hydrogen-bond donors (Lipinski definition) is 1.